The molecule has 1 aromatic carbocycles. The maximum absolute atomic E-state index is 10.9. The van der Waals surface area contributed by atoms with Crippen molar-refractivity contribution in [2.24, 2.45) is 0 Å². The lowest BCUT2D eigenvalue weighted by Gasteiger charge is -2.41. The average molecular weight is 290 g/mol. The molecule has 1 N–H and O–H groups in total. The third-order valence-electron chi connectivity index (χ3n) is 4.17. The van der Waals surface area contributed by atoms with Crippen molar-refractivity contribution >= 4 is 12.0 Å². The Kier molecular flexibility index (Phi) is 4.88. The van der Waals surface area contributed by atoms with Crippen LogP contribution in [-0.4, -0.2) is 43.0 Å². The van der Waals surface area contributed by atoms with Crippen molar-refractivity contribution in [2.75, 3.05) is 25.5 Å². The van der Waals surface area contributed by atoms with E-state index in [1.807, 2.05) is 12.1 Å². The number of carbonyl (C=O) groups is 1. The van der Waals surface area contributed by atoms with E-state index < -0.39 is 0 Å². The monoisotopic (exact) mass is 290 g/mol. The lowest BCUT2D eigenvalue weighted by molar-refractivity contribution is 0.106. The molecule has 1 aliphatic rings. The van der Waals surface area contributed by atoms with Gasteiger partial charge in [0.25, 0.3) is 0 Å². The van der Waals surface area contributed by atoms with Gasteiger partial charge in [-0.3, -0.25) is 9.69 Å². The smallest absolute Gasteiger partial charge is 0.153 e. The molecule has 1 saturated heterocycles. The van der Waals surface area contributed by atoms with E-state index in [1.165, 1.54) is 0 Å². The molecule has 116 valence electrons. The van der Waals surface area contributed by atoms with Gasteiger partial charge < -0.3 is 10.1 Å². The lowest BCUT2D eigenvalue weighted by Crippen LogP contribution is -2.48. The van der Waals surface area contributed by atoms with Gasteiger partial charge in [-0.15, -0.1) is 0 Å². The van der Waals surface area contributed by atoms with Crippen LogP contribution >= 0.6 is 0 Å². The minimum atomic E-state index is 0.250. The van der Waals surface area contributed by atoms with Crippen LogP contribution in [0.5, 0.6) is 5.75 Å². The van der Waals surface area contributed by atoms with Gasteiger partial charge in [0.15, 0.2) is 6.29 Å². The van der Waals surface area contributed by atoms with E-state index in [1.54, 1.807) is 13.2 Å². The number of anilines is 1. The fourth-order valence-corrected chi connectivity index (χ4v) is 2.83. The molecule has 4 heteroatoms. The van der Waals surface area contributed by atoms with E-state index in [-0.39, 0.29) is 5.54 Å². The first kappa shape index (κ1) is 15.8. The third-order valence-corrected chi connectivity index (χ3v) is 4.17. The highest BCUT2D eigenvalue weighted by Gasteiger charge is 2.26. The molecular weight excluding hydrogens is 264 g/mol. The number of methoxy groups -OCH3 is 1. The molecule has 1 heterocycles. The van der Waals surface area contributed by atoms with Gasteiger partial charge in [0, 0.05) is 36.4 Å². The second-order valence-electron chi connectivity index (χ2n) is 6.65. The van der Waals surface area contributed by atoms with Crippen molar-refractivity contribution in [1.82, 2.24) is 4.90 Å². The van der Waals surface area contributed by atoms with E-state index in [4.69, 9.17) is 4.74 Å². The van der Waals surface area contributed by atoms with Crippen LogP contribution in [-0.2, 0) is 0 Å². The van der Waals surface area contributed by atoms with Gasteiger partial charge in [-0.1, -0.05) is 0 Å². The molecule has 0 spiro atoms. The quantitative estimate of drug-likeness (QED) is 0.865. The van der Waals surface area contributed by atoms with Crippen molar-refractivity contribution in [3.8, 4) is 5.75 Å². The Morgan fingerprint density at radius 1 is 1.29 bits per heavy atom. The third kappa shape index (κ3) is 3.97. The van der Waals surface area contributed by atoms with Gasteiger partial charge in [0.2, 0.25) is 0 Å². The standard InChI is InChI=1S/C17H26N2O2/c1-17(2,3)19-9-7-14(8-10-19)18-15-6-5-13(12-20)16(11-15)21-4/h5-6,11-12,14,18H,7-10H2,1-4H3. The molecule has 4 nitrogen and oxygen atoms in total. The number of hydrogen-bond acceptors (Lipinski definition) is 4. The Bertz CT molecular complexity index is 486. The number of likely N-dealkylation sites (tertiary alicyclic amines) is 1. The van der Waals surface area contributed by atoms with E-state index in [0.29, 0.717) is 17.4 Å². The predicted molar refractivity (Wildman–Crippen MR) is 86.4 cm³/mol. The highest BCUT2D eigenvalue weighted by Crippen LogP contribution is 2.25. The fraction of sp³-hybridized carbons (Fsp3) is 0.588. The van der Waals surface area contributed by atoms with Crippen LogP contribution in [0.2, 0.25) is 0 Å². The Labute approximate surface area is 127 Å². The van der Waals surface area contributed by atoms with Crippen molar-refractivity contribution in [2.45, 2.75) is 45.2 Å². The van der Waals surface area contributed by atoms with Gasteiger partial charge in [-0.2, -0.15) is 0 Å². The van der Waals surface area contributed by atoms with Crippen molar-refractivity contribution in [3.05, 3.63) is 23.8 Å². The lowest BCUT2D eigenvalue weighted by atomic mass is 9.98. The minimum absolute atomic E-state index is 0.250. The number of piperidine rings is 1. The summed E-state index contributed by atoms with van der Waals surface area (Å²) >= 11 is 0. The van der Waals surface area contributed by atoms with E-state index in [0.717, 1.165) is 37.9 Å². The molecule has 0 aromatic heterocycles. The predicted octanol–water partition coefficient (Wildman–Crippen LogP) is 3.18. The Balaban J connectivity index is 1.96. The number of rotatable bonds is 4. The van der Waals surface area contributed by atoms with Crippen LogP contribution in [0.15, 0.2) is 18.2 Å². The summed E-state index contributed by atoms with van der Waals surface area (Å²) < 4.78 is 5.25. The number of carbonyl (C=O) groups excluding carboxylic acids is 1. The first-order chi connectivity index (χ1) is 9.94. The van der Waals surface area contributed by atoms with Crippen molar-refractivity contribution < 1.29 is 9.53 Å². The summed E-state index contributed by atoms with van der Waals surface area (Å²) in [6.07, 6.45) is 3.09. The molecule has 2 rings (SSSR count). The normalized spacial score (nSPS) is 17.5. The van der Waals surface area contributed by atoms with Crippen LogP contribution in [0.3, 0.4) is 0 Å². The highest BCUT2D eigenvalue weighted by molar-refractivity contribution is 5.80. The van der Waals surface area contributed by atoms with Crippen LogP contribution in [0.4, 0.5) is 5.69 Å². The molecule has 1 fully saturated rings. The summed E-state index contributed by atoms with van der Waals surface area (Å²) in [6.45, 7) is 9.03. The summed E-state index contributed by atoms with van der Waals surface area (Å²) in [4.78, 5) is 13.4. The molecular formula is C17H26N2O2. The number of ether oxygens (including phenoxy) is 1. The number of aldehydes is 1. The topological polar surface area (TPSA) is 41.6 Å². The Morgan fingerprint density at radius 3 is 2.48 bits per heavy atom. The van der Waals surface area contributed by atoms with Gasteiger partial charge in [-0.05, 0) is 45.7 Å². The Hall–Kier alpha value is -1.55. The second-order valence-corrected chi connectivity index (χ2v) is 6.65. The molecule has 0 aliphatic carbocycles. The number of benzene rings is 1. The summed E-state index contributed by atoms with van der Waals surface area (Å²) in [5.41, 5.74) is 1.86. The average Bonchev–Trinajstić information content (AvgIpc) is 2.46. The second kappa shape index (κ2) is 6.48. The molecule has 21 heavy (non-hydrogen) atoms. The molecule has 0 atom stereocenters. The zero-order chi connectivity index (χ0) is 15.5. The summed E-state index contributed by atoms with van der Waals surface area (Å²) in [5, 5.41) is 3.56. The van der Waals surface area contributed by atoms with Gasteiger partial charge in [0.1, 0.15) is 5.75 Å². The fourth-order valence-electron chi connectivity index (χ4n) is 2.83. The number of hydrogen-bond donors (Lipinski definition) is 1. The summed E-state index contributed by atoms with van der Waals surface area (Å²) in [6, 6.07) is 6.14. The van der Waals surface area contributed by atoms with Crippen molar-refractivity contribution in [3.63, 3.8) is 0 Å². The molecule has 0 bridgehead atoms. The maximum atomic E-state index is 10.9. The maximum Gasteiger partial charge on any atom is 0.153 e. The van der Waals surface area contributed by atoms with Crippen LogP contribution in [0.1, 0.15) is 44.0 Å². The zero-order valence-electron chi connectivity index (χ0n) is 13.5. The number of nitrogens with one attached hydrogen (secondary N) is 1. The van der Waals surface area contributed by atoms with Gasteiger partial charge in [0.05, 0.1) is 12.7 Å². The largest absolute Gasteiger partial charge is 0.496 e. The SMILES string of the molecule is COc1cc(NC2CCN(C(C)(C)C)CC2)ccc1C=O. The molecule has 0 saturated carbocycles. The van der Waals surface area contributed by atoms with Gasteiger partial charge in [-0.25, -0.2) is 0 Å². The molecule has 1 aliphatic heterocycles. The highest BCUT2D eigenvalue weighted by atomic mass is 16.5. The van der Waals surface area contributed by atoms with Crippen LogP contribution in [0, 0.1) is 0 Å². The minimum Gasteiger partial charge on any atom is -0.496 e. The number of nitrogens with zero attached hydrogens (tertiary/aromatic N) is 1. The molecule has 0 unspecified atom stereocenters. The van der Waals surface area contributed by atoms with E-state index >= 15 is 0 Å². The van der Waals surface area contributed by atoms with E-state index in [2.05, 4.69) is 31.0 Å². The summed E-state index contributed by atoms with van der Waals surface area (Å²) in [5.74, 6) is 0.627. The molecule has 0 radical (unpaired) electrons. The Morgan fingerprint density at radius 2 is 1.95 bits per heavy atom. The summed E-state index contributed by atoms with van der Waals surface area (Å²) in [7, 11) is 1.59. The molecule has 1 aromatic rings. The first-order valence-electron chi connectivity index (χ1n) is 7.59. The zero-order valence-corrected chi connectivity index (χ0v) is 13.5. The van der Waals surface area contributed by atoms with Gasteiger partial charge >= 0.3 is 0 Å². The first-order valence-corrected chi connectivity index (χ1v) is 7.59. The van der Waals surface area contributed by atoms with Crippen molar-refractivity contribution in [1.29, 1.82) is 0 Å². The van der Waals surface area contributed by atoms with E-state index in [9.17, 15) is 4.79 Å². The molecule has 0 amide bonds. The van der Waals surface area contributed by atoms with Crippen LogP contribution in [0.25, 0.3) is 0 Å². The van der Waals surface area contributed by atoms with Crippen LogP contribution < -0.4 is 10.1 Å².